The molecule has 2 aromatic heterocycles. The van der Waals surface area contributed by atoms with Gasteiger partial charge >= 0.3 is 6.09 Å². The molecule has 3 heterocycles. The number of hydrogen-bond donors (Lipinski definition) is 1. The number of carboxylic acid groups (broad SMARTS) is 1. The molecule has 0 spiro atoms. The SMILES string of the molecule is N#Cc1cc(/C=C/c2nc(C3CCN(C(=O)O)CC3)no2)ccn1. The Bertz CT molecular complexity index is 800. The smallest absolute Gasteiger partial charge is 0.407 e. The van der Waals surface area contributed by atoms with Gasteiger partial charge in [-0.05, 0) is 36.6 Å². The summed E-state index contributed by atoms with van der Waals surface area (Å²) < 4.78 is 5.21. The number of carbonyl (C=O) groups is 1. The van der Waals surface area contributed by atoms with Crippen molar-refractivity contribution >= 4 is 18.2 Å². The van der Waals surface area contributed by atoms with Crippen LogP contribution in [0.1, 0.15) is 41.7 Å². The van der Waals surface area contributed by atoms with E-state index >= 15 is 0 Å². The van der Waals surface area contributed by atoms with Crippen LogP contribution >= 0.6 is 0 Å². The van der Waals surface area contributed by atoms with Gasteiger partial charge in [-0.25, -0.2) is 9.78 Å². The Labute approximate surface area is 138 Å². The maximum absolute atomic E-state index is 10.9. The third-order valence-corrected chi connectivity index (χ3v) is 3.90. The first-order chi connectivity index (χ1) is 11.7. The molecule has 0 aliphatic carbocycles. The molecule has 1 aliphatic heterocycles. The molecule has 0 saturated carbocycles. The van der Waals surface area contributed by atoms with Crippen LogP contribution in [0, 0.1) is 11.3 Å². The molecule has 24 heavy (non-hydrogen) atoms. The van der Waals surface area contributed by atoms with E-state index < -0.39 is 6.09 Å². The zero-order valence-electron chi connectivity index (χ0n) is 12.8. The van der Waals surface area contributed by atoms with Gasteiger partial charge in [0.25, 0.3) is 5.89 Å². The lowest BCUT2D eigenvalue weighted by Crippen LogP contribution is -2.37. The van der Waals surface area contributed by atoms with E-state index in [-0.39, 0.29) is 5.92 Å². The summed E-state index contributed by atoms with van der Waals surface area (Å²) in [6.07, 6.45) is 5.50. The number of aromatic nitrogens is 3. The summed E-state index contributed by atoms with van der Waals surface area (Å²) in [6, 6.07) is 5.42. The van der Waals surface area contributed by atoms with Gasteiger partial charge in [-0.2, -0.15) is 10.2 Å². The molecule has 0 bridgehead atoms. The standard InChI is InChI=1S/C16H15N5O3/c17-10-13-9-11(3-6-18-13)1-2-14-19-15(20-24-14)12-4-7-21(8-5-12)16(22)23/h1-3,6,9,12H,4-5,7-8H2,(H,22,23)/b2-1+. The average Bonchev–Trinajstić information content (AvgIpc) is 3.09. The van der Waals surface area contributed by atoms with Gasteiger partial charge in [-0.1, -0.05) is 5.16 Å². The molecule has 1 amide bonds. The van der Waals surface area contributed by atoms with E-state index in [1.165, 1.54) is 4.90 Å². The predicted molar refractivity (Wildman–Crippen MR) is 83.8 cm³/mol. The molecule has 8 heteroatoms. The fourth-order valence-corrected chi connectivity index (χ4v) is 2.59. The highest BCUT2D eigenvalue weighted by atomic mass is 16.5. The van der Waals surface area contributed by atoms with E-state index in [9.17, 15) is 4.79 Å². The average molecular weight is 325 g/mol. The monoisotopic (exact) mass is 325 g/mol. The molecule has 1 aliphatic rings. The van der Waals surface area contributed by atoms with Crippen LogP contribution in [0.2, 0.25) is 0 Å². The Balaban J connectivity index is 1.64. The summed E-state index contributed by atoms with van der Waals surface area (Å²) in [7, 11) is 0. The van der Waals surface area contributed by atoms with Crippen molar-refractivity contribution in [3.8, 4) is 6.07 Å². The van der Waals surface area contributed by atoms with E-state index in [0.29, 0.717) is 43.3 Å². The second kappa shape index (κ2) is 6.91. The number of likely N-dealkylation sites (tertiary alicyclic amines) is 1. The highest BCUT2D eigenvalue weighted by Crippen LogP contribution is 2.26. The lowest BCUT2D eigenvalue weighted by Gasteiger charge is -2.28. The highest BCUT2D eigenvalue weighted by molar-refractivity contribution is 5.66. The van der Waals surface area contributed by atoms with Crippen molar-refractivity contribution in [2.75, 3.05) is 13.1 Å². The number of nitrogens with zero attached hydrogens (tertiary/aromatic N) is 5. The third kappa shape index (κ3) is 3.57. The Kier molecular flexibility index (Phi) is 4.52. The van der Waals surface area contributed by atoms with Crippen LogP contribution < -0.4 is 0 Å². The lowest BCUT2D eigenvalue weighted by atomic mass is 9.96. The van der Waals surface area contributed by atoms with E-state index in [0.717, 1.165) is 5.56 Å². The van der Waals surface area contributed by atoms with Gasteiger partial charge in [0.1, 0.15) is 11.8 Å². The van der Waals surface area contributed by atoms with Crippen LogP contribution in [0.25, 0.3) is 12.2 Å². The van der Waals surface area contributed by atoms with Crippen molar-refractivity contribution in [1.29, 1.82) is 5.26 Å². The normalized spacial score (nSPS) is 15.5. The summed E-state index contributed by atoms with van der Waals surface area (Å²) in [6.45, 7) is 0.960. The summed E-state index contributed by atoms with van der Waals surface area (Å²) in [4.78, 5) is 20.6. The summed E-state index contributed by atoms with van der Waals surface area (Å²) in [5.41, 5.74) is 1.16. The maximum atomic E-state index is 10.9. The molecule has 0 unspecified atom stereocenters. The first kappa shape index (κ1) is 15.7. The molecule has 3 rings (SSSR count). The molecule has 2 aromatic rings. The predicted octanol–water partition coefficient (Wildman–Crippen LogP) is 2.36. The molecule has 1 saturated heterocycles. The van der Waals surface area contributed by atoms with E-state index in [4.69, 9.17) is 14.9 Å². The Morgan fingerprint density at radius 2 is 2.21 bits per heavy atom. The maximum Gasteiger partial charge on any atom is 0.407 e. The molecule has 1 fully saturated rings. The minimum atomic E-state index is -0.890. The van der Waals surface area contributed by atoms with Crippen molar-refractivity contribution in [2.24, 2.45) is 0 Å². The summed E-state index contributed by atoms with van der Waals surface area (Å²) in [5.74, 6) is 1.09. The van der Waals surface area contributed by atoms with Crippen LogP contribution in [0.3, 0.4) is 0 Å². The van der Waals surface area contributed by atoms with Crippen molar-refractivity contribution in [2.45, 2.75) is 18.8 Å². The van der Waals surface area contributed by atoms with Crippen LogP contribution in [-0.2, 0) is 0 Å². The fourth-order valence-electron chi connectivity index (χ4n) is 2.59. The molecule has 1 N–H and O–H groups in total. The zero-order valence-corrected chi connectivity index (χ0v) is 12.8. The molecular formula is C16H15N5O3. The molecule has 0 atom stereocenters. The Morgan fingerprint density at radius 1 is 1.42 bits per heavy atom. The quantitative estimate of drug-likeness (QED) is 0.920. The van der Waals surface area contributed by atoms with Crippen LogP contribution in [0.15, 0.2) is 22.9 Å². The number of hydrogen-bond acceptors (Lipinski definition) is 6. The van der Waals surface area contributed by atoms with Crippen LogP contribution in [0.4, 0.5) is 4.79 Å². The van der Waals surface area contributed by atoms with Crippen molar-refractivity contribution in [1.82, 2.24) is 20.0 Å². The number of pyridine rings is 1. The second-order valence-electron chi connectivity index (χ2n) is 5.45. The van der Waals surface area contributed by atoms with E-state index in [2.05, 4.69) is 15.1 Å². The van der Waals surface area contributed by atoms with Gasteiger partial charge in [0.05, 0.1) is 0 Å². The minimum Gasteiger partial charge on any atom is -0.465 e. The topological polar surface area (TPSA) is 116 Å². The van der Waals surface area contributed by atoms with E-state index in [1.54, 1.807) is 30.5 Å². The van der Waals surface area contributed by atoms with E-state index in [1.807, 2.05) is 6.07 Å². The Morgan fingerprint density at radius 3 is 2.92 bits per heavy atom. The zero-order chi connectivity index (χ0) is 16.9. The van der Waals surface area contributed by atoms with Gasteiger partial charge in [-0.3, -0.25) is 0 Å². The van der Waals surface area contributed by atoms with Gasteiger partial charge in [0.2, 0.25) is 0 Å². The fraction of sp³-hybridized carbons (Fsp3) is 0.312. The van der Waals surface area contributed by atoms with Gasteiger partial charge in [0, 0.05) is 31.3 Å². The van der Waals surface area contributed by atoms with Crippen LogP contribution in [-0.4, -0.2) is 44.3 Å². The molecule has 8 nitrogen and oxygen atoms in total. The highest BCUT2D eigenvalue weighted by Gasteiger charge is 2.26. The van der Waals surface area contributed by atoms with Crippen molar-refractivity contribution < 1.29 is 14.4 Å². The second-order valence-corrected chi connectivity index (χ2v) is 5.45. The van der Waals surface area contributed by atoms with Crippen molar-refractivity contribution in [3.05, 3.63) is 41.3 Å². The lowest BCUT2D eigenvalue weighted by molar-refractivity contribution is 0.131. The first-order valence-corrected chi connectivity index (χ1v) is 7.51. The molecule has 122 valence electrons. The van der Waals surface area contributed by atoms with Crippen LogP contribution in [0.5, 0.6) is 0 Å². The Hall–Kier alpha value is -3.21. The van der Waals surface area contributed by atoms with Gasteiger partial charge in [0.15, 0.2) is 5.82 Å². The molecule has 0 radical (unpaired) electrons. The summed E-state index contributed by atoms with van der Waals surface area (Å²) in [5, 5.41) is 21.8. The number of rotatable bonds is 3. The van der Waals surface area contributed by atoms with Gasteiger partial charge < -0.3 is 14.5 Å². The largest absolute Gasteiger partial charge is 0.465 e. The molecular weight excluding hydrogens is 310 g/mol. The van der Waals surface area contributed by atoms with Crippen molar-refractivity contribution in [3.63, 3.8) is 0 Å². The first-order valence-electron chi connectivity index (χ1n) is 7.51. The number of nitriles is 1. The summed E-state index contributed by atoms with van der Waals surface area (Å²) >= 11 is 0. The number of amides is 1. The number of piperidine rings is 1. The minimum absolute atomic E-state index is 0.109. The third-order valence-electron chi connectivity index (χ3n) is 3.90. The van der Waals surface area contributed by atoms with Gasteiger partial charge in [-0.15, -0.1) is 0 Å². The molecule has 0 aromatic carbocycles.